The summed E-state index contributed by atoms with van der Waals surface area (Å²) in [5, 5.41) is 0. The zero-order chi connectivity index (χ0) is 11.0. The normalized spacial score (nSPS) is 22.0. The van der Waals surface area contributed by atoms with Crippen LogP contribution >= 0.6 is 0 Å². The van der Waals surface area contributed by atoms with Gasteiger partial charge in [-0.15, -0.1) is 0 Å². The Morgan fingerprint density at radius 2 is 1.88 bits per heavy atom. The minimum absolute atomic E-state index is 0.683. The Kier molecular flexibility index (Phi) is 2.62. The zero-order valence-corrected chi connectivity index (χ0v) is 9.91. The third-order valence-corrected chi connectivity index (χ3v) is 4.15. The molecule has 0 saturated heterocycles. The van der Waals surface area contributed by atoms with E-state index in [0.29, 0.717) is 5.92 Å². The van der Waals surface area contributed by atoms with Crippen molar-refractivity contribution in [3.05, 3.63) is 11.5 Å². The molecule has 1 aromatic rings. The van der Waals surface area contributed by atoms with E-state index in [1.807, 2.05) is 0 Å². The van der Waals surface area contributed by atoms with E-state index in [4.69, 9.17) is 5.73 Å². The number of hydrogen-bond acceptors (Lipinski definition) is 2. The highest BCUT2D eigenvalue weighted by atomic mass is 15.1. The fraction of sp³-hybridized carbons (Fsp3) is 0.769. The van der Waals surface area contributed by atoms with Crippen LogP contribution in [0.1, 0.15) is 62.4 Å². The number of fused-ring (bicyclic) bond motifs is 1. The Labute approximate surface area is 97.0 Å². The summed E-state index contributed by atoms with van der Waals surface area (Å²) in [4.78, 5) is 4.66. The number of hydrogen-bond donors (Lipinski definition) is 1. The lowest BCUT2D eigenvalue weighted by Crippen LogP contribution is -2.17. The topological polar surface area (TPSA) is 43.8 Å². The highest BCUT2D eigenvalue weighted by molar-refractivity contribution is 5.39. The van der Waals surface area contributed by atoms with Crippen LogP contribution in [0, 0.1) is 0 Å². The maximum atomic E-state index is 6.04. The third-order valence-electron chi connectivity index (χ3n) is 4.15. The number of rotatable bonds is 1. The standard InChI is InChI=1S/C13H21N3/c14-12-11-8-4-5-9-16(11)13(15-12)10-6-2-1-3-7-10/h10H,1-9,14H2. The van der Waals surface area contributed by atoms with Crippen LogP contribution in [0.3, 0.4) is 0 Å². The van der Waals surface area contributed by atoms with Crippen molar-refractivity contribution < 1.29 is 0 Å². The zero-order valence-electron chi connectivity index (χ0n) is 9.91. The van der Waals surface area contributed by atoms with Crippen molar-refractivity contribution >= 4 is 5.82 Å². The van der Waals surface area contributed by atoms with Crippen LogP contribution in [0.4, 0.5) is 5.82 Å². The van der Waals surface area contributed by atoms with Crippen LogP contribution in [0.2, 0.25) is 0 Å². The number of nitrogens with two attached hydrogens (primary N) is 1. The highest BCUT2D eigenvalue weighted by Crippen LogP contribution is 2.35. The van der Waals surface area contributed by atoms with Gasteiger partial charge >= 0.3 is 0 Å². The van der Waals surface area contributed by atoms with E-state index in [1.54, 1.807) is 0 Å². The summed E-state index contributed by atoms with van der Waals surface area (Å²) < 4.78 is 2.43. The summed E-state index contributed by atoms with van der Waals surface area (Å²) in [7, 11) is 0. The van der Waals surface area contributed by atoms with Gasteiger partial charge in [-0.05, 0) is 32.1 Å². The molecule has 2 N–H and O–H groups in total. The average molecular weight is 219 g/mol. The molecule has 0 atom stereocenters. The predicted octanol–water partition coefficient (Wildman–Crippen LogP) is 2.85. The Hall–Kier alpha value is -0.990. The number of nitrogens with zero attached hydrogens (tertiary/aromatic N) is 2. The van der Waals surface area contributed by atoms with Crippen LogP contribution in [-0.2, 0) is 13.0 Å². The first-order valence-corrected chi connectivity index (χ1v) is 6.71. The smallest absolute Gasteiger partial charge is 0.145 e. The van der Waals surface area contributed by atoms with Gasteiger partial charge in [0.05, 0.1) is 5.69 Å². The molecule has 0 bridgehead atoms. The summed E-state index contributed by atoms with van der Waals surface area (Å²) in [6.07, 6.45) is 10.5. The molecule has 0 aromatic carbocycles. The van der Waals surface area contributed by atoms with E-state index in [-0.39, 0.29) is 0 Å². The monoisotopic (exact) mass is 219 g/mol. The molecular weight excluding hydrogens is 198 g/mol. The molecule has 1 saturated carbocycles. The highest BCUT2D eigenvalue weighted by Gasteiger charge is 2.25. The van der Waals surface area contributed by atoms with Gasteiger partial charge in [-0.25, -0.2) is 4.98 Å². The van der Waals surface area contributed by atoms with Gasteiger partial charge in [0.1, 0.15) is 11.6 Å². The van der Waals surface area contributed by atoms with Crippen LogP contribution < -0.4 is 5.73 Å². The molecule has 1 fully saturated rings. The first kappa shape index (κ1) is 10.2. The van der Waals surface area contributed by atoms with Crippen molar-refractivity contribution in [3.63, 3.8) is 0 Å². The second-order valence-electron chi connectivity index (χ2n) is 5.25. The molecule has 3 nitrogen and oxygen atoms in total. The maximum Gasteiger partial charge on any atom is 0.145 e. The number of imidazole rings is 1. The van der Waals surface area contributed by atoms with Crippen LogP contribution in [0.15, 0.2) is 0 Å². The Morgan fingerprint density at radius 3 is 2.69 bits per heavy atom. The van der Waals surface area contributed by atoms with Crippen LogP contribution in [0.25, 0.3) is 0 Å². The van der Waals surface area contributed by atoms with Crippen molar-refractivity contribution in [3.8, 4) is 0 Å². The summed E-state index contributed by atoms with van der Waals surface area (Å²) >= 11 is 0. The minimum Gasteiger partial charge on any atom is -0.382 e. The molecule has 2 heterocycles. The lowest BCUT2D eigenvalue weighted by Gasteiger charge is -2.24. The van der Waals surface area contributed by atoms with E-state index in [0.717, 1.165) is 18.8 Å². The van der Waals surface area contributed by atoms with E-state index in [9.17, 15) is 0 Å². The van der Waals surface area contributed by atoms with Crippen molar-refractivity contribution in [1.82, 2.24) is 9.55 Å². The molecule has 2 aliphatic rings. The fourth-order valence-electron chi connectivity index (χ4n) is 3.27. The molecule has 0 amide bonds. The van der Waals surface area contributed by atoms with E-state index < -0.39 is 0 Å². The minimum atomic E-state index is 0.683. The molecule has 1 aliphatic heterocycles. The second-order valence-corrected chi connectivity index (χ2v) is 5.25. The van der Waals surface area contributed by atoms with E-state index in [2.05, 4.69) is 9.55 Å². The molecule has 3 heteroatoms. The third kappa shape index (κ3) is 1.62. The summed E-state index contributed by atoms with van der Waals surface area (Å²) in [6, 6.07) is 0. The van der Waals surface area contributed by atoms with Crippen LogP contribution in [0.5, 0.6) is 0 Å². The molecule has 1 aromatic heterocycles. The second kappa shape index (κ2) is 4.11. The maximum absolute atomic E-state index is 6.04. The van der Waals surface area contributed by atoms with Crippen LogP contribution in [-0.4, -0.2) is 9.55 Å². The lowest BCUT2D eigenvalue weighted by molar-refractivity contribution is 0.403. The number of nitrogen functional groups attached to an aromatic ring is 1. The lowest BCUT2D eigenvalue weighted by atomic mass is 9.88. The Balaban J connectivity index is 1.93. The van der Waals surface area contributed by atoms with Gasteiger partial charge in [0, 0.05) is 12.5 Å². The fourth-order valence-corrected chi connectivity index (χ4v) is 3.27. The molecule has 3 rings (SSSR count). The van der Waals surface area contributed by atoms with Crippen molar-refractivity contribution in [2.45, 2.75) is 63.8 Å². The molecule has 0 radical (unpaired) electrons. The van der Waals surface area contributed by atoms with Gasteiger partial charge in [-0.3, -0.25) is 0 Å². The van der Waals surface area contributed by atoms with Gasteiger partial charge in [0.25, 0.3) is 0 Å². The molecule has 16 heavy (non-hydrogen) atoms. The number of aromatic nitrogens is 2. The van der Waals surface area contributed by atoms with Crippen molar-refractivity contribution in [2.24, 2.45) is 0 Å². The van der Waals surface area contributed by atoms with Gasteiger partial charge in [0.2, 0.25) is 0 Å². The first-order chi connectivity index (χ1) is 7.86. The quantitative estimate of drug-likeness (QED) is 0.789. The van der Waals surface area contributed by atoms with Crippen molar-refractivity contribution in [2.75, 3.05) is 5.73 Å². The SMILES string of the molecule is Nc1nc(C2CCCCC2)n2c1CCCC2. The molecule has 88 valence electrons. The van der Waals surface area contributed by atoms with Gasteiger partial charge in [0.15, 0.2) is 0 Å². The molecular formula is C13H21N3. The Morgan fingerprint density at radius 1 is 1.06 bits per heavy atom. The number of anilines is 1. The van der Waals surface area contributed by atoms with Gasteiger partial charge in [-0.1, -0.05) is 19.3 Å². The average Bonchev–Trinajstić information content (AvgIpc) is 2.69. The summed E-state index contributed by atoms with van der Waals surface area (Å²) in [5.74, 6) is 2.79. The molecule has 0 spiro atoms. The summed E-state index contributed by atoms with van der Waals surface area (Å²) in [6.45, 7) is 1.14. The Bertz CT molecular complexity index is 375. The van der Waals surface area contributed by atoms with E-state index in [1.165, 1.54) is 56.5 Å². The molecule has 1 aliphatic carbocycles. The first-order valence-electron chi connectivity index (χ1n) is 6.71. The largest absolute Gasteiger partial charge is 0.382 e. The van der Waals surface area contributed by atoms with Crippen molar-refractivity contribution in [1.29, 1.82) is 0 Å². The molecule has 0 unspecified atom stereocenters. The summed E-state index contributed by atoms with van der Waals surface area (Å²) in [5.41, 5.74) is 7.35. The van der Waals surface area contributed by atoms with E-state index >= 15 is 0 Å². The van der Waals surface area contributed by atoms with Gasteiger partial charge < -0.3 is 10.3 Å². The van der Waals surface area contributed by atoms with Gasteiger partial charge in [-0.2, -0.15) is 0 Å². The predicted molar refractivity (Wildman–Crippen MR) is 65.4 cm³/mol.